The Balaban J connectivity index is -0.0000000894. The SMILES string of the molecule is CC(=O)C(F)(F)F.CC(=O)C1CCCCC1.CC(=O)OCc1ccc(Cl)cc1.CC(C)=O.CC(C)=O.CC(C)=O.CCOC(C)=O.CCSC(C)=O.COC(C)=O.CSC(C)=O. The van der Waals surface area contributed by atoms with E-state index >= 15 is 0 Å². The minimum absolute atomic E-state index is 0.167. The lowest BCUT2D eigenvalue weighted by molar-refractivity contribution is -0.168. The molecular formula is C43H72ClF3O13S2. The van der Waals surface area contributed by atoms with Gasteiger partial charge in [-0.15, -0.1) is 0 Å². The first-order valence-electron chi connectivity index (χ1n) is 18.9. The van der Waals surface area contributed by atoms with Gasteiger partial charge in [-0.2, -0.15) is 13.2 Å². The molecule has 62 heavy (non-hydrogen) atoms. The van der Waals surface area contributed by atoms with Crippen LogP contribution in [0.1, 0.15) is 142 Å². The molecule has 1 aromatic rings. The van der Waals surface area contributed by atoms with E-state index < -0.39 is 12.0 Å². The summed E-state index contributed by atoms with van der Waals surface area (Å²) in [6.45, 7) is 23.2. The van der Waals surface area contributed by atoms with E-state index in [-0.39, 0.29) is 45.5 Å². The van der Waals surface area contributed by atoms with E-state index in [9.17, 15) is 61.1 Å². The highest BCUT2D eigenvalue weighted by Crippen LogP contribution is 2.23. The zero-order valence-corrected chi connectivity index (χ0v) is 42.1. The number of thioether (sulfide) groups is 2. The van der Waals surface area contributed by atoms with Crippen molar-refractivity contribution >= 4 is 92.2 Å². The average molecular weight is 954 g/mol. The zero-order valence-electron chi connectivity index (χ0n) is 39.7. The smallest absolute Gasteiger partial charge is 0.449 e. The Hall–Kier alpha value is -3.90. The summed E-state index contributed by atoms with van der Waals surface area (Å²) in [7, 11) is 1.35. The lowest BCUT2D eigenvalue weighted by atomic mass is 9.87. The number of ether oxygens (including phenoxy) is 3. The van der Waals surface area contributed by atoms with E-state index in [1.54, 1.807) is 46.1 Å². The number of carbonyl (C=O) groups excluding carboxylic acids is 10. The number of rotatable bonds is 5. The summed E-state index contributed by atoms with van der Waals surface area (Å²) in [5, 5.41) is 1.06. The molecule has 0 heterocycles. The second kappa shape index (κ2) is 53.2. The van der Waals surface area contributed by atoms with Gasteiger partial charge in [0.15, 0.2) is 10.2 Å². The van der Waals surface area contributed by atoms with Crippen molar-refractivity contribution in [3.8, 4) is 0 Å². The molecule has 0 spiro atoms. The van der Waals surface area contributed by atoms with Gasteiger partial charge in [0.05, 0.1) is 13.7 Å². The fourth-order valence-corrected chi connectivity index (χ4v) is 3.21. The van der Waals surface area contributed by atoms with Crippen LogP contribution in [-0.2, 0) is 68.8 Å². The second-order valence-corrected chi connectivity index (χ2v) is 15.2. The van der Waals surface area contributed by atoms with Crippen LogP contribution < -0.4 is 0 Å². The van der Waals surface area contributed by atoms with Crippen molar-refractivity contribution < 1.29 is 75.3 Å². The lowest BCUT2D eigenvalue weighted by Crippen LogP contribution is -2.18. The molecule has 2 rings (SSSR count). The summed E-state index contributed by atoms with van der Waals surface area (Å²) >= 11 is 8.25. The van der Waals surface area contributed by atoms with Gasteiger partial charge in [-0.25, -0.2) is 0 Å². The van der Waals surface area contributed by atoms with Gasteiger partial charge >= 0.3 is 24.1 Å². The van der Waals surface area contributed by atoms with Crippen molar-refractivity contribution in [2.75, 3.05) is 25.7 Å². The fraction of sp³-hybridized carbons (Fsp3) is 0.628. The molecule has 0 N–H and O–H groups in total. The van der Waals surface area contributed by atoms with Crippen LogP contribution in [-0.4, -0.2) is 89.0 Å². The predicted molar refractivity (Wildman–Crippen MR) is 243 cm³/mol. The molecule has 13 nitrogen and oxygen atoms in total. The van der Waals surface area contributed by atoms with Crippen LogP contribution in [0.15, 0.2) is 24.3 Å². The van der Waals surface area contributed by atoms with Gasteiger partial charge < -0.3 is 28.6 Å². The number of esters is 3. The van der Waals surface area contributed by atoms with E-state index in [1.165, 1.54) is 112 Å². The topological polar surface area (TPSA) is 198 Å². The van der Waals surface area contributed by atoms with Gasteiger partial charge in [-0.1, -0.05) is 73.4 Å². The van der Waals surface area contributed by atoms with Crippen LogP contribution >= 0.6 is 35.1 Å². The molecule has 0 aliphatic heterocycles. The van der Waals surface area contributed by atoms with E-state index in [1.807, 2.05) is 19.1 Å². The Morgan fingerprint density at radius 1 is 0.629 bits per heavy atom. The highest BCUT2D eigenvalue weighted by atomic mass is 35.5. The first kappa shape index (κ1) is 75.5. The third-order valence-corrected chi connectivity index (χ3v) is 6.73. The minimum atomic E-state index is -4.64. The van der Waals surface area contributed by atoms with Gasteiger partial charge in [-0.05, 0) is 97.9 Å². The third kappa shape index (κ3) is 111. The molecule has 362 valence electrons. The number of hydrogen-bond acceptors (Lipinski definition) is 15. The van der Waals surface area contributed by atoms with E-state index in [2.05, 4.69) is 9.47 Å². The van der Waals surface area contributed by atoms with Crippen LogP contribution in [0.25, 0.3) is 0 Å². The minimum Gasteiger partial charge on any atom is -0.469 e. The molecule has 1 fully saturated rings. The normalized spacial score (nSPS) is 10.3. The van der Waals surface area contributed by atoms with Crippen molar-refractivity contribution in [1.29, 1.82) is 0 Å². The number of benzene rings is 1. The molecule has 0 unspecified atom stereocenters. The molecule has 1 aliphatic carbocycles. The van der Waals surface area contributed by atoms with Crippen LogP contribution in [0.2, 0.25) is 5.02 Å². The largest absolute Gasteiger partial charge is 0.469 e. The van der Waals surface area contributed by atoms with Crippen LogP contribution in [0.5, 0.6) is 0 Å². The van der Waals surface area contributed by atoms with Crippen molar-refractivity contribution in [2.45, 2.75) is 149 Å². The number of alkyl halides is 3. The van der Waals surface area contributed by atoms with Gasteiger partial charge in [0.25, 0.3) is 0 Å². The standard InChI is InChI=1S/C9H9ClO2.C8H14O.C4H8O2.C4H8OS.C3H3F3O.C3H6O2.C3H6OS.3C3H6O/c1-7(11)12-6-8-2-4-9(10)5-3-8;1-7(9)8-5-3-2-4-6-8;2*1-3-6-4(2)5;1-2(7)3(4,5)6;2*1-3(4)5-2;3*1-3(2)4/h2-5H,6H2,1H3;8H,2-6H2,1H3;2*3H2,1-2H3;1H3;2*1-2H3;3*1-2H3. The summed E-state index contributed by atoms with van der Waals surface area (Å²) < 4.78 is 45.8. The summed E-state index contributed by atoms with van der Waals surface area (Å²) in [6.07, 6.45) is 3.30. The molecule has 0 saturated heterocycles. The zero-order chi connectivity index (χ0) is 51.0. The van der Waals surface area contributed by atoms with Gasteiger partial charge in [0.2, 0.25) is 5.78 Å². The molecule has 0 aromatic heterocycles. The summed E-state index contributed by atoms with van der Waals surface area (Å²) in [5.41, 5.74) is 0.939. The highest BCUT2D eigenvalue weighted by Gasteiger charge is 2.33. The molecule has 0 radical (unpaired) electrons. The molecule has 19 heteroatoms. The third-order valence-electron chi connectivity index (χ3n) is 5.20. The molecule has 1 aromatic carbocycles. The maximum atomic E-state index is 10.8. The number of methoxy groups -OCH3 is 1. The Labute approximate surface area is 381 Å². The molecule has 0 amide bonds. The Bertz CT molecular complexity index is 1310. The molecule has 1 saturated carbocycles. The van der Waals surface area contributed by atoms with Gasteiger partial charge in [0.1, 0.15) is 29.7 Å². The average Bonchev–Trinajstić information content (AvgIpc) is 3.12. The van der Waals surface area contributed by atoms with Crippen molar-refractivity contribution in [3.63, 3.8) is 0 Å². The Kier molecular flexibility index (Phi) is 64.8. The van der Waals surface area contributed by atoms with Gasteiger partial charge in [-0.3, -0.25) is 33.6 Å². The highest BCUT2D eigenvalue weighted by molar-refractivity contribution is 8.13. The first-order valence-corrected chi connectivity index (χ1v) is 21.5. The van der Waals surface area contributed by atoms with Crippen LogP contribution in [0.4, 0.5) is 13.2 Å². The van der Waals surface area contributed by atoms with E-state index in [4.69, 9.17) is 16.3 Å². The molecular weight excluding hydrogens is 881 g/mol. The summed E-state index contributed by atoms with van der Waals surface area (Å²) in [4.78, 5) is 98.1. The van der Waals surface area contributed by atoms with E-state index in [0.717, 1.165) is 24.2 Å². The number of hydrogen-bond donors (Lipinski definition) is 0. The quantitative estimate of drug-likeness (QED) is 0.199. The van der Waals surface area contributed by atoms with Crippen molar-refractivity contribution in [3.05, 3.63) is 34.9 Å². The second-order valence-electron chi connectivity index (χ2n) is 12.4. The fourth-order valence-electron chi connectivity index (χ4n) is 2.68. The molecule has 1 aliphatic rings. The molecule has 0 atom stereocenters. The maximum absolute atomic E-state index is 10.8. The summed E-state index contributed by atoms with van der Waals surface area (Å²) in [6, 6.07) is 7.18. The van der Waals surface area contributed by atoms with Crippen molar-refractivity contribution in [1.82, 2.24) is 0 Å². The predicted octanol–water partition coefficient (Wildman–Crippen LogP) is 10.4. The molecule has 0 bridgehead atoms. The van der Waals surface area contributed by atoms with Crippen molar-refractivity contribution in [2.24, 2.45) is 5.92 Å². The lowest BCUT2D eigenvalue weighted by Gasteiger charge is -2.17. The van der Waals surface area contributed by atoms with Gasteiger partial charge in [0, 0.05) is 52.5 Å². The number of Topliss-reactive ketones (excluding diaryl/α,β-unsaturated/α-hetero) is 5. The Morgan fingerprint density at radius 2 is 0.952 bits per heavy atom. The van der Waals surface area contributed by atoms with E-state index in [0.29, 0.717) is 36.9 Å². The van der Waals surface area contributed by atoms with Crippen LogP contribution in [0.3, 0.4) is 0 Å². The number of carbonyl (C=O) groups is 10. The summed E-state index contributed by atoms with van der Waals surface area (Å²) in [5.74, 6) is -0.275. The monoisotopic (exact) mass is 952 g/mol. The Morgan fingerprint density at radius 3 is 1.10 bits per heavy atom. The number of ketones is 5. The van der Waals surface area contributed by atoms with Crippen LogP contribution in [0, 0.1) is 5.92 Å². The maximum Gasteiger partial charge on any atom is 0.449 e. The first-order chi connectivity index (χ1) is 28.2. The number of halogens is 4.